The van der Waals surface area contributed by atoms with E-state index in [0.717, 1.165) is 35.6 Å². The van der Waals surface area contributed by atoms with Crippen molar-refractivity contribution >= 4 is 39.1 Å². The van der Waals surface area contributed by atoms with Crippen LogP contribution >= 0.6 is 11.6 Å². The molecule has 8 nitrogen and oxygen atoms in total. The second kappa shape index (κ2) is 13.9. The standard InChI is InChI=1S/C31H36ClN3O5S/c1-3-29(31(37)33-25-13-7-8-14-25)34(21-23-10-5-4-6-11-23)30(36)22-35(26-15-9-12-24(32)20-26)41(38,39)28-18-16-27(40-2)17-19-28/h4-6,9-12,15-20,25,29H,3,7-8,13-14,21-22H2,1-2H3,(H,33,37). The topological polar surface area (TPSA) is 96.0 Å². The minimum atomic E-state index is -4.20. The number of halogens is 1. The van der Waals surface area contributed by atoms with Gasteiger partial charge in [0.1, 0.15) is 18.3 Å². The number of sulfonamides is 1. The van der Waals surface area contributed by atoms with Crippen molar-refractivity contribution in [2.24, 2.45) is 0 Å². The highest BCUT2D eigenvalue weighted by molar-refractivity contribution is 7.92. The molecule has 1 atom stereocenters. The molecule has 0 aromatic heterocycles. The smallest absolute Gasteiger partial charge is 0.264 e. The molecule has 0 saturated heterocycles. The van der Waals surface area contributed by atoms with Gasteiger partial charge in [0.25, 0.3) is 10.0 Å². The predicted octanol–water partition coefficient (Wildman–Crippen LogP) is 5.41. The normalized spacial score (nSPS) is 14.3. The molecular weight excluding hydrogens is 562 g/mol. The predicted molar refractivity (Wildman–Crippen MR) is 160 cm³/mol. The molecule has 218 valence electrons. The van der Waals surface area contributed by atoms with Gasteiger partial charge in [0.05, 0.1) is 17.7 Å². The Balaban J connectivity index is 1.70. The summed E-state index contributed by atoms with van der Waals surface area (Å²) in [6.45, 7) is 1.49. The van der Waals surface area contributed by atoms with Gasteiger partial charge in [-0.3, -0.25) is 13.9 Å². The van der Waals surface area contributed by atoms with Crippen LogP contribution in [-0.4, -0.2) is 50.9 Å². The monoisotopic (exact) mass is 597 g/mol. The average molecular weight is 598 g/mol. The molecule has 0 heterocycles. The number of hydrogen-bond donors (Lipinski definition) is 1. The summed E-state index contributed by atoms with van der Waals surface area (Å²) in [6, 6.07) is 21.0. The zero-order valence-electron chi connectivity index (χ0n) is 23.3. The van der Waals surface area contributed by atoms with Gasteiger partial charge in [0, 0.05) is 17.6 Å². The number of rotatable bonds is 12. The number of amides is 2. The first-order chi connectivity index (χ1) is 19.7. The van der Waals surface area contributed by atoms with Crippen LogP contribution in [-0.2, 0) is 26.2 Å². The molecule has 3 aromatic rings. The number of hydrogen-bond acceptors (Lipinski definition) is 5. The number of nitrogens with zero attached hydrogens (tertiary/aromatic N) is 2. The third-order valence-electron chi connectivity index (χ3n) is 7.31. The van der Waals surface area contributed by atoms with Crippen LogP contribution in [0.2, 0.25) is 5.02 Å². The molecule has 3 aromatic carbocycles. The van der Waals surface area contributed by atoms with Gasteiger partial charge >= 0.3 is 0 Å². The molecule has 1 aliphatic rings. The summed E-state index contributed by atoms with van der Waals surface area (Å²) < 4.78 is 34.1. The fourth-order valence-corrected chi connectivity index (χ4v) is 6.69. The Hall–Kier alpha value is -3.56. The summed E-state index contributed by atoms with van der Waals surface area (Å²) in [7, 11) is -2.70. The number of ether oxygens (including phenoxy) is 1. The average Bonchev–Trinajstić information content (AvgIpc) is 3.49. The Bertz CT molecular complexity index is 1430. The summed E-state index contributed by atoms with van der Waals surface area (Å²) in [5, 5.41) is 3.44. The largest absolute Gasteiger partial charge is 0.497 e. The summed E-state index contributed by atoms with van der Waals surface area (Å²) in [5.41, 5.74) is 1.07. The highest BCUT2D eigenvalue weighted by Gasteiger charge is 2.34. The molecule has 0 bridgehead atoms. The summed E-state index contributed by atoms with van der Waals surface area (Å²) >= 11 is 6.24. The zero-order valence-corrected chi connectivity index (χ0v) is 24.9. The SMILES string of the molecule is CCC(C(=O)NC1CCCC1)N(Cc1ccccc1)C(=O)CN(c1cccc(Cl)c1)S(=O)(=O)c1ccc(OC)cc1. The molecule has 1 N–H and O–H groups in total. The molecule has 41 heavy (non-hydrogen) atoms. The maximum Gasteiger partial charge on any atom is 0.264 e. The lowest BCUT2D eigenvalue weighted by atomic mass is 10.1. The molecule has 0 radical (unpaired) electrons. The number of carbonyl (C=O) groups is 2. The van der Waals surface area contributed by atoms with E-state index >= 15 is 0 Å². The minimum Gasteiger partial charge on any atom is -0.497 e. The second-order valence-corrected chi connectivity index (χ2v) is 12.4. The van der Waals surface area contributed by atoms with Gasteiger partial charge < -0.3 is 15.0 Å². The molecule has 0 spiro atoms. The second-order valence-electron chi connectivity index (χ2n) is 10.1. The maximum atomic E-state index is 14.1. The van der Waals surface area contributed by atoms with E-state index in [-0.39, 0.29) is 29.1 Å². The lowest BCUT2D eigenvalue weighted by molar-refractivity contribution is -0.140. The van der Waals surface area contributed by atoms with Gasteiger partial charge in [-0.1, -0.05) is 67.8 Å². The summed E-state index contributed by atoms with van der Waals surface area (Å²) in [5.74, 6) is -0.224. The van der Waals surface area contributed by atoms with Crippen LogP contribution in [0.3, 0.4) is 0 Å². The van der Waals surface area contributed by atoms with E-state index in [1.54, 1.807) is 30.3 Å². The third kappa shape index (κ3) is 7.59. The van der Waals surface area contributed by atoms with E-state index in [1.165, 1.54) is 30.2 Å². The molecular formula is C31H36ClN3O5S. The third-order valence-corrected chi connectivity index (χ3v) is 9.33. The Morgan fingerprint density at radius 2 is 1.68 bits per heavy atom. The van der Waals surface area contributed by atoms with Crippen LogP contribution in [0.5, 0.6) is 5.75 Å². The van der Waals surface area contributed by atoms with Crippen LogP contribution in [0.4, 0.5) is 5.69 Å². The fourth-order valence-electron chi connectivity index (χ4n) is 5.10. The molecule has 1 fully saturated rings. The van der Waals surface area contributed by atoms with Crippen molar-refractivity contribution in [1.82, 2.24) is 10.2 Å². The lowest BCUT2D eigenvalue weighted by Crippen LogP contribution is -2.53. The fraction of sp³-hybridized carbons (Fsp3) is 0.355. The molecule has 0 aliphatic heterocycles. The molecule has 1 saturated carbocycles. The van der Waals surface area contributed by atoms with E-state index in [0.29, 0.717) is 17.2 Å². The van der Waals surface area contributed by atoms with Crippen molar-refractivity contribution in [3.63, 3.8) is 0 Å². The Morgan fingerprint density at radius 1 is 1.00 bits per heavy atom. The number of carbonyl (C=O) groups excluding carboxylic acids is 2. The first-order valence-corrected chi connectivity index (χ1v) is 15.6. The molecule has 4 rings (SSSR count). The van der Waals surface area contributed by atoms with Crippen molar-refractivity contribution in [3.05, 3.63) is 89.4 Å². The van der Waals surface area contributed by atoms with E-state index in [9.17, 15) is 18.0 Å². The molecule has 1 unspecified atom stereocenters. The van der Waals surface area contributed by atoms with Crippen molar-refractivity contribution in [3.8, 4) is 5.75 Å². The van der Waals surface area contributed by atoms with Crippen molar-refractivity contribution in [2.75, 3.05) is 18.0 Å². The van der Waals surface area contributed by atoms with Gasteiger partial charge in [0.2, 0.25) is 11.8 Å². The highest BCUT2D eigenvalue weighted by atomic mass is 35.5. The molecule has 1 aliphatic carbocycles. The van der Waals surface area contributed by atoms with E-state index in [1.807, 2.05) is 37.3 Å². The molecule has 10 heteroatoms. The zero-order chi connectivity index (χ0) is 29.4. The van der Waals surface area contributed by atoms with Gasteiger partial charge in [-0.2, -0.15) is 0 Å². The Labute approximate surface area is 247 Å². The lowest BCUT2D eigenvalue weighted by Gasteiger charge is -2.33. The Morgan fingerprint density at radius 3 is 2.29 bits per heavy atom. The van der Waals surface area contributed by atoms with Gasteiger partial charge in [-0.15, -0.1) is 0 Å². The minimum absolute atomic E-state index is 0.00768. The number of benzene rings is 3. The maximum absolute atomic E-state index is 14.1. The van der Waals surface area contributed by atoms with Crippen LogP contribution < -0.4 is 14.4 Å². The van der Waals surface area contributed by atoms with Crippen LogP contribution in [0, 0.1) is 0 Å². The van der Waals surface area contributed by atoms with Gasteiger partial charge in [-0.25, -0.2) is 8.42 Å². The van der Waals surface area contributed by atoms with Gasteiger partial charge in [-0.05, 0) is 67.3 Å². The van der Waals surface area contributed by atoms with E-state index in [4.69, 9.17) is 16.3 Å². The van der Waals surface area contributed by atoms with Crippen molar-refractivity contribution in [2.45, 2.75) is 62.6 Å². The van der Waals surface area contributed by atoms with Crippen LogP contribution in [0.1, 0.15) is 44.6 Å². The van der Waals surface area contributed by atoms with Crippen LogP contribution in [0.25, 0.3) is 0 Å². The first kappa shape index (κ1) is 30.4. The van der Waals surface area contributed by atoms with Gasteiger partial charge in [0.15, 0.2) is 0 Å². The molecule has 2 amide bonds. The van der Waals surface area contributed by atoms with Crippen molar-refractivity contribution < 1.29 is 22.7 Å². The summed E-state index contributed by atoms with van der Waals surface area (Å²) in [6.07, 6.45) is 4.33. The number of anilines is 1. The number of nitrogens with one attached hydrogen (secondary N) is 1. The quantitative estimate of drug-likeness (QED) is 0.301. The highest BCUT2D eigenvalue weighted by Crippen LogP contribution is 2.28. The first-order valence-electron chi connectivity index (χ1n) is 13.8. The van der Waals surface area contributed by atoms with E-state index < -0.39 is 28.5 Å². The van der Waals surface area contributed by atoms with E-state index in [2.05, 4.69) is 5.32 Å². The van der Waals surface area contributed by atoms with Crippen molar-refractivity contribution in [1.29, 1.82) is 0 Å². The summed E-state index contributed by atoms with van der Waals surface area (Å²) in [4.78, 5) is 29.1. The Kier molecular flexibility index (Phi) is 10.3. The number of methoxy groups -OCH3 is 1. The van der Waals surface area contributed by atoms with Crippen LogP contribution in [0.15, 0.2) is 83.8 Å².